The van der Waals surface area contributed by atoms with Gasteiger partial charge in [-0.25, -0.2) is 0 Å². The molecule has 0 bridgehead atoms. The Morgan fingerprint density at radius 1 is 1.29 bits per heavy atom. The second-order valence-electron chi connectivity index (χ2n) is 7.24. The lowest BCUT2D eigenvalue weighted by Gasteiger charge is -2.33. The zero-order valence-corrected chi connectivity index (χ0v) is 16.8. The molecule has 0 saturated carbocycles. The molecule has 0 N–H and O–H groups in total. The summed E-state index contributed by atoms with van der Waals surface area (Å²) in [6.45, 7) is 2.91. The summed E-state index contributed by atoms with van der Waals surface area (Å²) in [6.07, 6.45) is 1.93. The SMILES string of the molecule is CN(Cc1ccccc1)C(=O)C1CCCN(Cc2nc(-c3cccs3)no2)C1. The number of hydrogen-bond donors (Lipinski definition) is 0. The van der Waals surface area contributed by atoms with Crippen LogP contribution < -0.4 is 0 Å². The van der Waals surface area contributed by atoms with Crippen molar-refractivity contribution in [1.82, 2.24) is 19.9 Å². The van der Waals surface area contributed by atoms with E-state index in [1.807, 2.05) is 47.7 Å². The number of nitrogens with zero attached hydrogens (tertiary/aromatic N) is 4. The van der Waals surface area contributed by atoms with Crippen LogP contribution in [-0.2, 0) is 17.9 Å². The summed E-state index contributed by atoms with van der Waals surface area (Å²) in [4.78, 5) is 22.5. The van der Waals surface area contributed by atoms with E-state index in [1.165, 1.54) is 0 Å². The molecule has 2 aromatic heterocycles. The summed E-state index contributed by atoms with van der Waals surface area (Å²) >= 11 is 1.59. The molecule has 1 aliphatic rings. The number of carbonyl (C=O) groups excluding carboxylic acids is 1. The van der Waals surface area contributed by atoms with Gasteiger partial charge in [-0.15, -0.1) is 11.3 Å². The van der Waals surface area contributed by atoms with Crippen LogP contribution >= 0.6 is 11.3 Å². The lowest BCUT2D eigenvalue weighted by atomic mass is 9.96. The van der Waals surface area contributed by atoms with Crippen LogP contribution in [0.5, 0.6) is 0 Å². The summed E-state index contributed by atoms with van der Waals surface area (Å²) in [5.41, 5.74) is 1.15. The van der Waals surface area contributed by atoms with Crippen molar-refractivity contribution < 1.29 is 9.32 Å². The van der Waals surface area contributed by atoms with E-state index >= 15 is 0 Å². The Balaban J connectivity index is 1.34. The molecule has 1 amide bonds. The molecule has 1 saturated heterocycles. The third-order valence-electron chi connectivity index (χ3n) is 5.06. The average molecular weight is 397 g/mol. The molecule has 28 heavy (non-hydrogen) atoms. The maximum absolute atomic E-state index is 12.9. The van der Waals surface area contributed by atoms with E-state index in [9.17, 15) is 4.79 Å². The van der Waals surface area contributed by atoms with Crippen molar-refractivity contribution in [3.63, 3.8) is 0 Å². The second-order valence-corrected chi connectivity index (χ2v) is 8.19. The third kappa shape index (κ3) is 4.48. The van der Waals surface area contributed by atoms with Crippen molar-refractivity contribution in [3.8, 4) is 10.7 Å². The van der Waals surface area contributed by atoms with Crippen LogP contribution in [0.1, 0.15) is 24.3 Å². The highest BCUT2D eigenvalue weighted by Gasteiger charge is 2.29. The first-order valence-electron chi connectivity index (χ1n) is 9.57. The lowest BCUT2D eigenvalue weighted by molar-refractivity contribution is -0.136. The van der Waals surface area contributed by atoms with E-state index in [4.69, 9.17) is 4.52 Å². The van der Waals surface area contributed by atoms with Crippen molar-refractivity contribution in [3.05, 3.63) is 59.3 Å². The van der Waals surface area contributed by atoms with Gasteiger partial charge < -0.3 is 9.42 Å². The van der Waals surface area contributed by atoms with Crippen molar-refractivity contribution in [1.29, 1.82) is 0 Å². The van der Waals surface area contributed by atoms with Crippen molar-refractivity contribution >= 4 is 17.2 Å². The predicted molar refractivity (Wildman–Crippen MR) is 109 cm³/mol. The van der Waals surface area contributed by atoms with Crippen LogP contribution in [0.2, 0.25) is 0 Å². The van der Waals surface area contributed by atoms with Crippen LogP contribution in [0.15, 0.2) is 52.4 Å². The van der Waals surface area contributed by atoms with Crippen LogP contribution in [-0.4, -0.2) is 46.0 Å². The highest BCUT2D eigenvalue weighted by Crippen LogP contribution is 2.24. The molecule has 1 aromatic carbocycles. The fourth-order valence-electron chi connectivity index (χ4n) is 3.66. The number of thiophene rings is 1. The molecule has 1 fully saturated rings. The van der Waals surface area contributed by atoms with Gasteiger partial charge in [-0.05, 0) is 36.4 Å². The first-order chi connectivity index (χ1) is 13.7. The highest BCUT2D eigenvalue weighted by molar-refractivity contribution is 7.13. The molecule has 4 rings (SSSR count). The van der Waals surface area contributed by atoms with Gasteiger partial charge in [0.25, 0.3) is 0 Å². The molecule has 3 aromatic rings. The van der Waals surface area contributed by atoms with Crippen LogP contribution in [0, 0.1) is 5.92 Å². The molecule has 1 unspecified atom stereocenters. The Labute approximate surface area is 168 Å². The van der Waals surface area contributed by atoms with Crippen LogP contribution in [0.3, 0.4) is 0 Å². The highest BCUT2D eigenvalue weighted by atomic mass is 32.1. The predicted octanol–water partition coefficient (Wildman–Crippen LogP) is 3.67. The van der Waals surface area contributed by atoms with E-state index in [0.29, 0.717) is 24.8 Å². The fraction of sp³-hybridized carbons (Fsp3) is 0.381. The lowest BCUT2D eigenvalue weighted by Crippen LogP contribution is -2.43. The van der Waals surface area contributed by atoms with Crippen molar-refractivity contribution in [2.45, 2.75) is 25.9 Å². The molecule has 3 heterocycles. The largest absolute Gasteiger partial charge is 0.341 e. The monoisotopic (exact) mass is 396 g/mol. The molecule has 7 heteroatoms. The Bertz CT molecular complexity index is 894. The molecule has 0 spiro atoms. The number of hydrogen-bond acceptors (Lipinski definition) is 6. The molecule has 1 atom stereocenters. The van der Waals surface area contributed by atoms with E-state index in [1.54, 1.807) is 11.3 Å². The maximum atomic E-state index is 12.9. The second kappa shape index (κ2) is 8.67. The van der Waals surface area contributed by atoms with Gasteiger partial charge in [-0.1, -0.05) is 41.6 Å². The number of benzene rings is 1. The summed E-state index contributed by atoms with van der Waals surface area (Å²) in [5, 5.41) is 6.07. The zero-order chi connectivity index (χ0) is 19.3. The van der Waals surface area contributed by atoms with Gasteiger partial charge in [0.2, 0.25) is 17.6 Å². The Kier molecular flexibility index (Phi) is 5.83. The first-order valence-corrected chi connectivity index (χ1v) is 10.4. The Hall–Kier alpha value is -2.51. The van der Waals surface area contributed by atoms with Gasteiger partial charge in [0.05, 0.1) is 17.3 Å². The number of likely N-dealkylation sites (tertiary alicyclic amines) is 1. The molecule has 6 nitrogen and oxygen atoms in total. The Morgan fingerprint density at radius 3 is 2.93 bits per heavy atom. The van der Waals surface area contributed by atoms with E-state index in [2.05, 4.69) is 27.2 Å². The van der Waals surface area contributed by atoms with Crippen LogP contribution in [0.4, 0.5) is 0 Å². The molecule has 0 aliphatic carbocycles. The van der Waals surface area contributed by atoms with E-state index < -0.39 is 0 Å². The smallest absolute Gasteiger partial charge is 0.241 e. The normalized spacial score (nSPS) is 17.5. The van der Waals surface area contributed by atoms with Gasteiger partial charge in [-0.3, -0.25) is 9.69 Å². The van der Waals surface area contributed by atoms with Gasteiger partial charge in [0, 0.05) is 20.1 Å². The van der Waals surface area contributed by atoms with Crippen LogP contribution in [0.25, 0.3) is 10.7 Å². The summed E-state index contributed by atoms with van der Waals surface area (Å²) < 4.78 is 5.42. The third-order valence-corrected chi connectivity index (χ3v) is 5.93. The topological polar surface area (TPSA) is 62.5 Å². The number of rotatable bonds is 6. The molecule has 146 valence electrons. The van der Waals surface area contributed by atoms with E-state index in [0.717, 1.165) is 36.4 Å². The summed E-state index contributed by atoms with van der Waals surface area (Å²) in [5.74, 6) is 1.46. The van der Waals surface area contributed by atoms with E-state index in [-0.39, 0.29) is 11.8 Å². The molecule has 1 aliphatic heterocycles. The van der Waals surface area contributed by atoms with Crippen molar-refractivity contribution in [2.24, 2.45) is 5.92 Å². The van der Waals surface area contributed by atoms with Gasteiger partial charge in [0.1, 0.15) is 0 Å². The molecular weight excluding hydrogens is 372 g/mol. The minimum Gasteiger partial charge on any atom is -0.341 e. The minimum atomic E-state index is 0.0159. The minimum absolute atomic E-state index is 0.0159. The zero-order valence-electron chi connectivity index (χ0n) is 16.0. The molecular formula is C21H24N4O2S. The van der Waals surface area contributed by atoms with Gasteiger partial charge >= 0.3 is 0 Å². The Morgan fingerprint density at radius 2 is 2.14 bits per heavy atom. The fourth-order valence-corrected chi connectivity index (χ4v) is 4.31. The number of amides is 1. The van der Waals surface area contributed by atoms with Crippen molar-refractivity contribution in [2.75, 3.05) is 20.1 Å². The van der Waals surface area contributed by atoms with Gasteiger partial charge in [-0.2, -0.15) is 4.98 Å². The average Bonchev–Trinajstić information content (AvgIpc) is 3.40. The number of piperidine rings is 1. The quantitative estimate of drug-likeness (QED) is 0.636. The number of aromatic nitrogens is 2. The van der Waals surface area contributed by atoms with Gasteiger partial charge in [0.15, 0.2) is 0 Å². The summed E-state index contributed by atoms with van der Waals surface area (Å²) in [6, 6.07) is 14.1. The number of carbonyl (C=O) groups is 1. The summed E-state index contributed by atoms with van der Waals surface area (Å²) in [7, 11) is 1.89. The molecule has 0 radical (unpaired) electrons. The maximum Gasteiger partial charge on any atom is 0.241 e. The first kappa shape index (κ1) is 18.8. The standard InChI is InChI=1S/C21H24N4O2S/c1-24(13-16-7-3-2-4-8-16)21(26)17-9-5-11-25(14-17)15-19-22-20(23-27-19)18-10-6-12-28-18/h2-4,6-8,10,12,17H,5,9,11,13-15H2,1H3.